The highest BCUT2D eigenvalue weighted by molar-refractivity contribution is 5.79. The third kappa shape index (κ3) is 3.60. The van der Waals surface area contributed by atoms with E-state index in [1.165, 1.54) is 0 Å². The summed E-state index contributed by atoms with van der Waals surface area (Å²) in [6.45, 7) is 1.51. The van der Waals surface area contributed by atoms with Crippen molar-refractivity contribution in [1.82, 2.24) is 14.9 Å². The van der Waals surface area contributed by atoms with Crippen molar-refractivity contribution in [1.29, 1.82) is 0 Å². The molecule has 0 spiro atoms. The van der Waals surface area contributed by atoms with Crippen LogP contribution >= 0.6 is 0 Å². The Morgan fingerprint density at radius 1 is 1.29 bits per heavy atom. The van der Waals surface area contributed by atoms with Gasteiger partial charge in [-0.2, -0.15) is 0 Å². The summed E-state index contributed by atoms with van der Waals surface area (Å²) in [4.78, 5) is 22.7. The second kappa shape index (κ2) is 6.70. The van der Waals surface area contributed by atoms with Gasteiger partial charge in [-0.25, -0.2) is 4.98 Å². The van der Waals surface area contributed by atoms with E-state index in [0.717, 1.165) is 38.6 Å². The molecule has 0 N–H and O–H groups in total. The lowest BCUT2D eigenvalue weighted by Crippen LogP contribution is -2.46. The molecular weight excluding hydrogens is 266 g/mol. The molecule has 0 unspecified atom stereocenters. The summed E-state index contributed by atoms with van der Waals surface area (Å²) in [7, 11) is 0. The van der Waals surface area contributed by atoms with Crippen LogP contribution in [0.5, 0.6) is 5.88 Å². The van der Waals surface area contributed by atoms with Crippen LogP contribution < -0.4 is 4.74 Å². The number of likely N-dealkylation sites (tertiary alicyclic amines) is 1. The van der Waals surface area contributed by atoms with E-state index in [9.17, 15) is 4.79 Å². The van der Waals surface area contributed by atoms with Gasteiger partial charge in [0.25, 0.3) is 0 Å². The molecule has 112 valence electrons. The van der Waals surface area contributed by atoms with Crippen molar-refractivity contribution >= 4 is 5.91 Å². The van der Waals surface area contributed by atoms with E-state index in [4.69, 9.17) is 4.74 Å². The maximum Gasteiger partial charge on any atom is 0.232 e. The molecular formula is C16H21N3O2. The SMILES string of the molecule is O=C([C@H]1CC=CCC1)N1CCC[C@@H](Oc2cnccn2)C1. The zero-order valence-electron chi connectivity index (χ0n) is 12.1. The molecule has 1 saturated heterocycles. The highest BCUT2D eigenvalue weighted by Crippen LogP contribution is 2.23. The van der Waals surface area contributed by atoms with Crippen molar-refractivity contribution in [2.45, 2.75) is 38.2 Å². The maximum absolute atomic E-state index is 12.6. The molecule has 5 heteroatoms. The molecule has 2 heterocycles. The summed E-state index contributed by atoms with van der Waals surface area (Å²) >= 11 is 0. The molecule has 2 aliphatic rings. The van der Waals surface area contributed by atoms with Crippen molar-refractivity contribution in [3.05, 3.63) is 30.7 Å². The van der Waals surface area contributed by atoms with Crippen LogP contribution in [0.15, 0.2) is 30.7 Å². The van der Waals surface area contributed by atoms with E-state index < -0.39 is 0 Å². The first kappa shape index (κ1) is 14.0. The number of rotatable bonds is 3. The molecule has 0 aromatic carbocycles. The Bertz CT molecular complexity index is 504. The van der Waals surface area contributed by atoms with Gasteiger partial charge in [-0.15, -0.1) is 0 Å². The Kier molecular flexibility index (Phi) is 4.48. The molecule has 1 aliphatic carbocycles. The fraction of sp³-hybridized carbons (Fsp3) is 0.562. The second-order valence-corrected chi connectivity index (χ2v) is 5.69. The highest BCUT2D eigenvalue weighted by atomic mass is 16.5. The van der Waals surface area contributed by atoms with Gasteiger partial charge in [-0.1, -0.05) is 12.2 Å². The third-order valence-electron chi connectivity index (χ3n) is 4.14. The number of hydrogen-bond acceptors (Lipinski definition) is 4. The van der Waals surface area contributed by atoms with Gasteiger partial charge in [0.05, 0.1) is 12.7 Å². The largest absolute Gasteiger partial charge is 0.471 e. The van der Waals surface area contributed by atoms with Crippen LogP contribution in [0.2, 0.25) is 0 Å². The number of nitrogens with zero attached hydrogens (tertiary/aromatic N) is 3. The minimum absolute atomic E-state index is 0.0264. The Morgan fingerprint density at radius 3 is 3.00 bits per heavy atom. The summed E-state index contributed by atoms with van der Waals surface area (Å²) in [5.41, 5.74) is 0. The van der Waals surface area contributed by atoms with Gasteiger partial charge in [0, 0.05) is 24.9 Å². The van der Waals surface area contributed by atoms with Crippen LogP contribution in [-0.2, 0) is 4.79 Å². The zero-order valence-corrected chi connectivity index (χ0v) is 12.1. The quantitative estimate of drug-likeness (QED) is 0.800. The maximum atomic E-state index is 12.6. The van der Waals surface area contributed by atoms with Crippen molar-refractivity contribution in [3.8, 4) is 5.88 Å². The standard InChI is InChI=1S/C16H21N3O2/c20-16(13-5-2-1-3-6-13)19-10-4-7-14(12-19)21-15-11-17-8-9-18-15/h1-2,8-9,11,13-14H,3-7,10,12H2/t13-,14+/m0/s1. The summed E-state index contributed by atoms with van der Waals surface area (Å²) < 4.78 is 5.84. The lowest BCUT2D eigenvalue weighted by Gasteiger charge is -2.35. The second-order valence-electron chi connectivity index (χ2n) is 5.69. The fourth-order valence-corrected chi connectivity index (χ4v) is 3.03. The molecule has 1 aliphatic heterocycles. The lowest BCUT2D eigenvalue weighted by molar-refractivity contribution is -0.138. The van der Waals surface area contributed by atoms with Crippen molar-refractivity contribution < 1.29 is 9.53 Å². The Labute approximate surface area is 125 Å². The number of amides is 1. The first-order valence-corrected chi connectivity index (χ1v) is 7.69. The van der Waals surface area contributed by atoms with Gasteiger partial charge >= 0.3 is 0 Å². The van der Waals surface area contributed by atoms with E-state index in [0.29, 0.717) is 12.4 Å². The minimum atomic E-state index is 0.0264. The highest BCUT2D eigenvalue weighted by Gasteiger charge is 2.29. The van der Waals surface area contributed by atoms with Gasteiger partial charge in [0.1, 0.15) is 6.10 Å². The normalized spacial score (nSPS) is 25.6. The monoisotopic (exact) mass is 287 g/mol. The first-order chi connectivity index (χ1) is 10.3. The molecule has 1 aromatic rings. The number of carbonyl (C=O) groups is 1. The smallest absolute Gasteiger partial charge is 0.232 e. The number of piperidine rings is 1. The van der Waals surface area contributed by atoms with E-state index in [1.807, 2.05) is 4.90 Å². The molecule has 2 atom stereocenters. The number of ether oxygens (including phenoxy) is 1. The van der Waals surface area contributed by atoms with E-state index >= 15 is 0 Å². The van der Waals surface area contributed by atoms with Crippen molar-refractivity contribution in [3.63, 3.8) is 0 Å². The third-order valence-corrected chi connectivity index (χ3v) is 4.14. The van der Waals surface area contributed by atoms with Gasteiger partial charge in [0.15, 0.2) is 0 Å². The van der Waals surface area contributed by atoms with Crippen LogP contribution in [0.1, 0.15) is 32.1 Å². The number of hydrogen-bond donors (Lipinski definition) is 0. The van der Waals surface area contributed by atoms with Crippen LogP contribution in [0.25, 0.3) is 0 Å². The molecule has 5 nitrogen and oxygen atoms in total. The first-order valence-electron chi connectivity index (χ1n) is 7.69. The molecule has 1 fully saturated rings. The van der Waals surface area contributed by atoms with E-state index in [2.05, 4.69) is 22.1 Å². The predicted molar refractivity (Wildman–Crippen MR) is 78.7 cm³/mol. The number of carbonyl (C=O) groups excluding carboxylic acids is 1. The van der Waals surface area contributed by atoms with Crippen LogP contribution in [0.4, 0.5) is 0 Å². The van der Waals surface area contributed by atoms with Gasteiger partial charge < -0.3 is 9.64 Å². The summed E-state index contributed by atoms with van der Waals surface area (Å²) in [5, 5.41) is 0. The minimum Gasteiger partial charge on any atom is -0.471 e. The number of aromatic nitrogens is 2. The Balaban J connectivity index is 1.57. The topological polar surface area (TPSA) is 55.3 Å². The van der Waals surface area contributed by atoms with Gasteiger partial charge in [-0.05, 0) is 32.1 Å². The number of allylic oxidation sites excluding steroid dienone is 2. The molecule has 0 saturated carbocycles. The molecule has 1 amide bonds. The lowest BCUT2D eigenvalue weighted by atomic mass is 9.92. The van der Waals surface area contributed by atoms with E-state index in [1.54, 1.807) is 18.6 Å². The predicted octanol–water partition coefficient (Wildman–Crippen LogP) is 2.20. The molecule has 3 rings (SSSR count). The van der Waals surface area contributed by atoms with Crippen molar-refractivity contribution in [2.24, 2.45) is 5.92 Å². The zero-order chi connectivity index (χ0) is 14.5. The molecule has 1 aromatic heterocycles. The molecule has 21 heavy (non-hydrogen) atoms. The average molecular weight is 287 g/mol. The summed E-state index contributed by atoms with van der Waals surface area (Å²) in [6, 6.07) is 0. The van der Waals surface area contributed by atoms with Crippen LogP contribution in [-0.4, -0.2) is 40.0 Å². The molecule has 0 bridgehead atoms. The van der Waals surface area contributed by atoms with Gasteiger partial charge in [0.2, 0.25) is 11.8 Å². The fourth-order valence-electron chi connectivity index (χ4n) is 3.03. The van der Waals surface area contributed by atoms with Crippen molar-refractivity contribution in [2.75, 3.05) is 13.1 Å². The Hall–Kier alpha value is -1.91. The molecule has 0 radical (unpaired) electrons. The summed E-state index contributed by atoms with van der Waals surface area (Å²) in [6.07, 6.45) is 14.0. The van der Waals surface area contributed by atoms with Gasteiger partial charge in [-0.3, -0.25) is 9.78 Å². The summed E-state index contributed by atoms with van der Waals surface area (Å²) in [5.74, 6) is 0.981. The van der Waals surface area contributed by atoms with E-state index in [-0.39, 0.29) is 17.9 Å². The van der Waals surface area contributed by atoms with Crippen LogP contribution in [0.3, 0.4) is 0 Å². The Morgan fingerprint density at radius 2 is 2.24 bits per heavy atom. The van der Waals surface area contributed by atoms with Crippen LogP contribution in [0, 0.1) is 5.92 Å². The average Bonchev–Trinajstić information content (AvgIpc) is 2.56.